The number of aromatic amines is 1. The molecular weight excluding hydrogens is 541 g/mol. The fourth-order valence-corrected chi connectivity index (χ4v) is 5.27. The molecule has 0 atom stereocenters. The van der Waals surface area contributed by atoms with Gasteiger partial charge >= 0.3 is 10.8 Å². The Morgan fingerprint density at radius 3 is 2.46 bits per heavy atom. The Morgan fingerprint density at radius 2 is 1.71 bits per heavy atom. The number of halogens is 1. The van der Waals surface area contributed by atoms with Gasteiger partial charge in [0.15, 0.2) is 11.5 Å². The molecule has 5 N–H and O–H groups in total. The quantitative estimate of drug-likeness (QED) is 0.182. The van der Waals surface area contributed by atoms with Crippen molar-refractivity contribution in [1.82, 2.24) is 5.32 Å². The van der Waals surface area contributed by atoms with Gasteiger partial charge in [-0.3, -0.25) is 4.79 Å². The molecule has 1 amide bonds. The van der Waals surface area contributed by atoms with Gasteiger partial charge in [0, 0.05) is 41.7 Å². The number of para-hydroxylation sites is 1. The summed E-state index contributed by atoms with van der Waals surface area (Å²) in [6.45, 7) is 1.16. The van der Waals surface area contributed by atoms with E-state index in [-0.39, 0.29) is 22.3 Å². The van der Waals surface area contributed by atoms with Crippen molar-refractivity contribution >= 4 is 33.8 Å². The topological polar surface area (TPSA) is 113 Å². The minimum Gasteiger partial charge on any atom is -0.348 e. The summed E-state index contributed by atoms with van der Waals surface area (Å²) in [6.07, 6.45) is 0. The highest BCUT2D eigenvalue weighted by atomic mass is 32.1. The van der Waals surface area contributed by atoms with Gasteiger partial charge in [0.05, 0.1) is 4.91 Å². The molecule has 0 saturated heterocycles. The zero-order chi connectivity index (χ0) is 28.8. The smallest absolute Gasteiger partial charge is 0.339 e. The van der Waals surface area contributed by atoms with Gasteiger partial charge in [-0.2, -0.15) is 0 Å². The molecular formula is C31H28FN5O3S+2. The molecule has 4 aromatic carbocycles. The molecule has 10 heteroatoms. The van der Waals surface area contributed by atoms with Crippen LogP contribution in [0.3, 0.4) is 0 Å². The first-order valence-electron chi connectivity index (χ1n) is 12.9. The maximum atomic E-state index is 15.0. The third kappa shape index (κ3) is 6.63. The summed E-state index contributed by atoms with van der Waals surface area (Å²) in [5.74, 6) is -0.575. The van der Waals surface area contributed by atoms with Crippen molar-refractivity contribution in [3.63, 3.8) is 0 Å². The lowest BCUT2D eigenvalue weighted by Gasteiger charge is -2.16. The zero-order valence-corrected chi connectivity index (χ0v) is 22.8. The second-order valence-electron chi connectivity index (χ2n) is 9.34. The number of amides is 1. The Kier molecular flexibility index (Phi) is 8.42. The van der Waals surface area contributed by atoms with Crippen LogP contribution in [0.15, 0.2) is 102 Å². The number of nitrogens with one attached hydrogen (secondary N) is 2. The van der Waals surface area contributed by atoms with Crippen LogP contribution in [-0.4, -0.2) is 16.0 Å². The molecule has 0 aliphatic heterocycles. The second kappa shape index (κ2) is 12.5. The van der Waals surface area contributed by atoms with Crippen LogP contribution in [0.1, 0.15) is 27.0 Å². The summed E-state index contributed by atoms with van der Waals surface area (Å²) < 4.78 is 15.0. The number of rotatable bonds is 10. The van der Waals surface area contributed by atoms with Crippen molar-refractivity contribution in [3.05, 3.63) is 135 Å². The number of anilines is 2. The number of carbonyl (C=O) groups is 1. The minimum atomic E-state index is -0.380. The molecule has 8 nitrogen and oxygen atoms in total. The minimum absolute atomic E-state index is 0.0998. The van der Waals surface area contributed by atoms with E-state index < -0.39 is 0 Å². The molecule has 5 rings (SSSR count). The highest BCUT2D eigenvalue weighted by molar-refractivity contribution is 7.13. The van der Waals surface area contributed by atoms with Crippen molar-refractivity contribution in [2.24, 2.45) is 5.73 Å². The van der Waals surface area contributed by atoms with Gasteiger partial charge < -0.3 is 11.1 Å². The molecule has 0 aliphatic carbocycles. The van der Waals surface area contributed by atoms with Gasteiger partial charge in [-0.05, 0) is 41.0 Å². The molecule has 1 heterocycles. The lowest BCUT2D eigenvalue weighted by molar-refractivity contribution is -0.729. The molecule has 0 unspecified atom stereocenters. The predicted molar refractivity (Wildman–Crippen MR) is 156 cm³/mol. The Labute approximate surface area is 240 Å². The molecule has 0 spiro atoms. The van der Waals surface area contributed by atoms with Crippen LogP contribution in [0.5, 0.6) is 0 Å². The number of H-pyrrole nitrogens is 1. The van der Waals surface area contributed by atoms with Crippen molar-refractivity contribution in [2.75, 3.05) is 4.90 Å². The van der Waals surface area contributed by atoms with Gasteiger partial charge in [0.2, 0.25) is 0 Å². The SMILES string of the molecule is NCc1cccc(CNC(=O)c2ccc(CN(c3[nH+]c(-c4cccc([N+](=O)O)c4)cs3)c3ccccc3F)cc2)c1. The van der Waals surface area contributed by atoms with Crippen molar-refractivity contribution < 1.29 is 24.3 Å². The molecule has 206 valence electrons. The number of aromatic nitrogens is 1. The Hall–Kier alpha value is -4.93. The van der Waals surface area contributed by atoms with Crippen LogP contribution in [0, 0.1) is 10.7 Å². The average molecular weight is 570 g/mol. The third-order valence-corrected chi connectivity index (χ3v) is 7.43. The van der Waals surface area contributed by atoms with E-state index in [0.29, 0.717) is 47.3 Å². The molecule has 0 saturated carbocycles. The van der Waals surface area contributed by atoms with E-state index >= 15 is 0 Å². The van der Waals surface area contributed by atoms with E-state index in [2.05, 4.69) is 10.3 Å². The maximum absolute atomic E-state index is 15.0. The molecule has 1 aromatic heterocycles. The zero-order valence-electron chi connectivity index (χ0n) is 22.0. The van der Waals surface area contributed by atoms with Crippen LogP contribution in [0.4, 0.5) is 20.9 Å². The van der Waals surface area contributed by atoms with E-state index in [1.165, 1.54) is 23.5 Å². The summed E-state index contributed by atoms with van der Waals surface area (Å²) in [5.41, 5.74) is 10.9. The largest absolute Gasteiger partial charge is 0.348 e. The molecule has 0 aliphatic rings. The second-order valence-corrected chi connectivity index (χ2v) is 10.2. The summed E-state index contributed by atoms with van der Waals surface area (Å²) in [6, 6.07) is 28.0. The number of hydrogen-bond acceptors (Lipinski definition) is 5. The van der Waals surface area contributed by atoms with Gasteiger partial charge in [-0.25, -0.2) is 19.5 Å². The number of nitrogens with two attached hydrogens (primary N) is 1. The summed E-state index contributed by atoms with van der Waals surface area (Å²) in [4.78, 5) is 29.0. The first-order valence-corrected chi connectivity index (χ1v) is 13.7. The summed E-state index contributed by atoms with van der Waals surface area (Å²) in [5, 5.41) is 14.7. The van der Waals surface area contributed by atoms with Crippen LogP contribution in [0.25, 0.3) is 11.3 Å². The van der Waals surface area contributed by atoms with E-state index in [9.17, 15) is 19.3 Å². The lowest BCUT2D eigenvalue weighted by atomic mass is 10.1. The Balaban J connectivity index is 1.35. The molecule has 41 heavy (non-hydrogen) atoms. The van der Waals surface area contributed by atoms with Crippen LogP contribution >= 0.6 is 11.3 Å². The number of carbonyl (C=O) groups excluding carboxylic acids is 1. The highest BCUT2D eigenvalue weighted by Gasteiger charge is 2.26. The van der Waals surface area contributed by atoms with E-state index in [1.807, 2.05) is 52.7 Å². The summed E-state index contributed by atoms with van der Waals surface area (Å²) in [7, 11) is 0. The monoisotopic (exact) mass is 569 g/mol. The van der Waals surface area contributed by atoms with E-state index in [4.69, 9.17) is 5.73 Å². The maximum Gasteiger partial charge on any atom is 0.339 e. The molecule has 0 bridgehead atoms. The Morgan fingerprint density at radius 1 is 0.951 bits per heavy atom. The first-order chi connectivity index (χ1) is 19.9. The highest BCUT2D eigenvalue weighted by Crippen LogP contribution is 2.32. The lowest BCUT2D eigenvalue weighted by Crippen LogP contribution is -2.24. The van der Waals surface area contributed by atoms with Gasteiger partial charge in [-0.1, -0.05) is 72.0 Å². The fraction of sp³-hybridized carbons (Fsp3) is 0.0968. The van der Waals surface area contributed by atoms with Gasteiger partial charge in [0.1, 0.15) is 12.2 Å². The van der Waals surface area contributed by atoms with Crippen molar-refractivity contribution in [2.45, 2.75) is 19.6 Å². The van der Waals surface area contributed by atoms with E-state index in [0.717, 1.165) is 16.7 Å². The third-order valence-electron chi connectivity index (χ3n) is 6.53. The van der Waals surface area contributed by atoms with Gasteiger partial charge in [0.25, 0.3) is 10.8 Å². The number of hydrogen-bond donors (Lipinski definition) is 3. The standard InChI is InChI=1S/C31H26FN5O3S/c32-27-9-1-2-10-29(27)36(31-35-28(20-41-31)25-7-4-8-26(16-25)37(39)40)19-21-11-13-24(14-12-21)30(38)34-18-23-6-3-5-22(15-23)17-33/h1-16,20H,17-19,33H2,(H-,34,38,39,40)/p+2. The van der Waals surface area contributed by atoms with E-state index in [1.54, 1.807) is 42.5 Å². The first kappa shape index (κ1) is 27.6. The van der Waals surface area contributed by atoms with Crippen LogP contribution in [0.2, 0.25) is 0 Å². The normalized spacial score (nSPS) is 10.8. The molecule has 0 fully saturated rings. The van der Waals surface area contributed by atoms with Gasteiger partial charge in [-0.15, -0.1) is 0 Å². The van der Waals surface area contributed by atoms with Crippen molar-refractivity contribution in [3.8, 4) is 11.3 Å². The number of thiazole rings is 1. The van der Waals surface area contributed by atoms with Crippen LogP contribution in [-0.2, 0) is 19.6 Å². The van der Waals surface area contributed by atoms with Crippen LogP contribution < -0.4 is 20.9 Å². The molecule has 0 radical (unpaired) electrons. The molecule has 5 aromatic rings. The number of nitrogens with zero attached hydrogens (tertiary/aromatic N) is 2. The van der Waals surface area contributed by atoms with Crippen molar-refractivity contribution in [1.29, 1.82) is 0 Å². The Bertz CT molecular complexity index is 1690. The fourth-order valence-electron chi connectivity index (χ4n) is 4.38. The average Bonchev–Trinajstić information content (AvgIpc) is 3.50. The predicted octanol–water partition coefficient (Wildman–Crippen LogP) is 5.89. The number of benzene rings is 4. The summed E-state index contributed by atoms with van der Waals surface area (Å²) >= 11 is 1.38.